The number of hydrogen-bond acceptors (Lipinski definition) is 9. The summed E-state index contributed by atoms with van der Waals surface area (Å²) in [5.41, 5.74) is 4.68. The summed E-state index contributed by atoms with van der Waals surface area (Å²) in [6, 6.07) is -0.875. The number of nitrogens with zero attached hydrogens (tertiary/aromatic N) is 3. The summed E-state index contributed by atoms with van der Waals surface area (Å²) in [4.78, 5) is 51.3. The first-order chi connectivity index (χ1) is 15.5. The van der Waals surface area contributed by atoms with Crippen molar-refractivity contribution in [2.75, 3.05) is 66.0 Å². The molecule has 1 heterocycles. The molecule has 0 amide bonds. The van der Waals surface area contributed by atoms with Gasteiger partial charge in [0.2, 0.25) is 0 Å². The first-order valence-electron chi connectivity index (χ1n) is 11.0. The van der Waals surface area contributed by atoms with E-state index in [1.54, 1.807) is 16.8 Å². The van der Waals surface area contributed by atoms with E-state index in [1.807, 2.05) is 0 Å². The summed E-state index contributed by atoms with van der Waals surface area (Å²) in [5, 5.41) is 41.1. The van der Waals surface area contributed by atoms with Crippen LogP contribution < -0.4 is 11.1 Å². The average molecular weight is 476 g/mol. The third-order valence-corrected chi connectivity index (χ3v) is 5.89. The maximum atomic E-state index is 12.1. The van der Waals surface area contributed by atoms with Gasteiger partial charge in [-0.25, -0.2) is 0 Å². The third kappa shape index (κ3) is 9.60. The van der Waals surface area contributed by atoms with Crippen LogP contribution in [0.25, 0.3) is 0 Å². The topological polar surface area (TPSA) is 197 Å². The molecule has 190 valence electrons. The molecule has 1 rings (SSSR count). The van der Waals surface area contributed by atoms with Crippen molar-refractivity contribution in [1.82, 2.24) is 20.0 Å². The third-order valence-electron chi connectivity index (χ3n) is 5.89. The Morgan fingerprint density at radius 1 is 1.00 bits per heavy atom. The Hall–Kier alpha value is -2.32. The molecule has 2 atom stereocenters. The number of unbranched alkanes of at least 4 members (excludes halogenated alkanes) is 1. The number of carboxylic acids is 4. The zero-order chi connectivity index (χ0) is 25.0. The van der Waals surface area contributed by atoms with Crippen LogP contribution in [-0.4, -0.2) is 137 Å². The quantitative estimate of drug-likeness (QED) is 0.135. The van der Waals surface area contributed by atoms with Crippen LogP contribution in [0.4, 0.5) is 0 Å². The number of aliphatic carboxylic acids is 4. The van der Waals surface area contributed by atoms with E-state index >= 15 is 0 Å². The van der Waals surface area contributed by atoms with Crippen molar-refractivity contribution in [3.05, 3.63) is 0 Å². The Morgan fingerprint density at radius 2 is 1.64 bits per heavy atom. The lowest BCUT2D eigenvalue weighted by Crippen LogP contribution is -2.63. The summed E-state index contributed by atoms with van der Waals surface area (Å²) in [6.45, 7) is -0.103. The molecule has 0 aromatic rings. The van der Waals surface area contributed by atoms with Crippen LogP contribution in [-0.2, 0) is 19.2 Å². The van der Waals surface area contributed by atoms with E-state index in [0.29, 0.717) is 12.8 Å². The second-order valence-corrected chi connectivity index (χ2v) is 8.43. The lowest BCUT2D eigenvalue weighted by atomic mass is 9.90. The van der Waals surface area contributed by atoms with Gasteiger partial charge >= 0.3 is 23.9 Å². The van der Waals surface area contributed by atoms with Crippen molar-refractivity contribution in [3.63, 3.8) is 0 Å². The van der Waals surface area contributed by atoms with Gasteiger partial charge in [-0.2, -0.15) is 0 Å². The van der Waals surface area contributed by atoms with Gasteiger partial charge in [-0.05, 0) is 39.4 Å². The van der Waals surface area contributed by atoms with Gasteiger partial charge < -0.3 is 31.5 Å². The van der Waals surface area contributed by atoms with Gasteiger partial charge in [-0.3, -0.25) is 33.9 Å². The molecular weight excluding hydrogens is 438 g/mol. The molecule has 1 fully saturated rings. The molecule has 0 radical (unpaired) electrons. The summed E-state index contributed by atoms with van der Waals surface area (Å²) >= 11 is 0. The zero-order valence-electron chi connectivity index (χ0n) is 19.1. The second kappa shape index (κ2) is 14.1. The standard InChI is InChI=1S/C20H37N5O8/c1-22-7-3-2-4-15(19(32)33)24-9-8-23(10-16(26)27)13-20(14-24,5-6-21)25(11-17(28)29)12-18(30)31/h15,22H,2-14,21H2,1H3,(H,26,27)(H,28,29)(H,30,31)(H,32,33). The number of hydrogen-bond donors (Lipinski definition) is 6. The van der Waals surface area contributed by atoms with E-state index in [2.05, 4.69) is 5.32 Å². The van der Waals surface area contributed by atoms with E-state index in [4.69, 9.17) is 5.73 Å². The van der Waals surface area contributed by atoms with Gasteiger partial charge in [0.15, 0.2) is 0 Å². The predicted octanol–water partition coefficient (Wildman–Crippen LogP) is -1.91. The van der Waals surface area contributed by atoms with Crippen LogP contribution in [0.3, 0.4) is 0 Å². The van der Waals surface area contributed by atoms with E-state index in [-0.39, 0.29) is 45.7 Å². The molecular formula is C20H37N5O8. The van der Waals surface area contributed by atoms with Crippen molar-refractivity contribution in [3.8, 4) is 0 Å². The van der Waals surface area contributed by atoms with Crippen LogP contribution in [0.15, 0.2) is 0 Å². The molecule has 0 bridgehead atoms. The summed E-state index contributed by atoms with van der Waals surface area (Å²) in [5.74, 6) is -4.60. The first kappa shape index (κ1) is 28.7. The highest BCUT2D eigenvalue weighted by Gasteiger charge is 2.45. The lowest BCUT2D eigenvalue weighted by Gasteiger charge is -2.46. The Balaban J connectivity index is 3.38. The Kier molecular flexibility index (Phi) is 12.2. The molecule has 33 heavy (non-hydrogen) atoms. The molecule has 1 aliphatic rings. The van der Waals surface area contributed by atoms with Crippen molar-refractivity contribution in [2.24, 2.45) is 5.73 Å². The van der Waals surface area contributed by atoms with Crippen molar-refractivity contribution < 1.29 is 39.6 Å². The fourth-order valence-corrected chi connectivity index (χ4v) is 4.47. The minimum Gasteiger partial charge on any atom is -0.480 e. The SMILES string of the molecule is CNCCCCC(C(=O)O)N1CCN(CC(=O)O)CC(CCN)(N(CC(=O)O)CC(=O)O)C1. The fraction of sp³-hybridized carbons (Fsp3) is 0.800. The predicted molar refractivity (Wildman–Crippen MR) is 118 cm³/mol. The normalized spacial score (nSPS) is 20.9. The number of carboxylic acid groups (broad SMARTS) is 4. The van der Waals surface area contributed by atoms with Gasteiger partial charge in [-0.1, -0.05) is 6.42 Å². The van der Waals surface area contributed by atoms with Gasteiger partial charge in [0.05, 0.1) is 19.6 Å². The molecule has 1 aliphatic heterocycles. The van der Waals surface area contributed by atoms with Crippen molar-refractivity contribution in [2.45, 2.75) is 37.3 Å². The number of rotatable bonds is 16. The van der Waals surface area contributed by atoms with Gasteiger partial charge in [0.25, 0.3) is 0 Å². The maximum Gasteiger partial charge on any atom is 0.320 e. The fourth-order valence-electron chi connectivity index (χ4n) is 4.47. The number of nitrogens with one attached hydrogen (secondary N) is 1. The Bertz CT molecular complexity index is 663. The van der Waals surface area contributed by atoms with Crippen LogP contribution >= 0.6 is 0 Å². The molecule has 7 N–H and O–H groups in total. The molecule has 0 aliphatic carbocycles. The highest BCUT2D eigenvalue weighted by molar-refractivity contribution is 5.74. The van der Waals surface area contributed by atoms with E-state index in [9.17, 15) is 39.6 Å². The van der Waals surface area contributed by atoms with Gasteiger partial charge in [0.1, 0.15) is 6.04 Å². The molecule has 13 heteroatoms. The minimum atomic E-state index is -1.24. The highest BCUT2D eigenvalue weighted by Crippen LogP contribution is 2.27. The number of carbonyl (C=O) groups is 4. The minimum absolute atomic E-state index is 0.0552. The van der Waals surface area contributed by atoms with Crippen molar-refractivity contribution >= 4 is 23.9 Å². The summed E-state index contributed by atoms with van der Waals surface area (Å²) in [7, 11) is 1.81. The summed E-state index contributed by atoms with van der Waals surface area (Å²) in [6.07, 6.45) is 1.95. The van der Waals surface area contributed by atoms with E-state index in [1.165, 1.54) is 4.90 Å². The van der Waals surface area contributed by atoms with Gasteiger partial charge in [0, 0.05) is 31.7 Å². The van der Waals surface area contributed by atoms with Crippen LogP contribution in [0.1, 0.15) is 25.7 Å². The molecule has 13 nitrogen and oxygen atoms in total. The smallest absolute Gasteiger partial charge is 0.320 e. The molecule has 1 saturated heterocycles. The highest BCUT2D eigenvalue weighted by atomic mass is 16.4. The number of nitrogens with two attached hydrogens (primary N) is 1. The Morgan fingerprint density at radius 3 is 2.12 bits per heavy atom. The molecule has 2 unspecified atom stereocenters. The largest absolute Gasteiger partial charge is 0.480 e. The first-order valence-corrected chi connectivity index (χ1v) is 11.0. The van der Waals surface area contributed by atoms with Gasteiger partial charge in [-0.15, -0.1) is 0 Å². The second-order valence-electron chi connectivity index (χ2n) is 8.43. The molecule has 0 saturated carbocycles. The lowest BCUT2D eigenvalue weighted by molar-refractivity contribution is -0.149. The molecule has 0 aromatic heterocycles. The van der Waals surface area contributed by atoms with Crippen LogP contribution in [0.5, 0.6) is 0 Å². The molecule has 0 aromatic carbocycles. The average Bonchev–Trinajstić information content (AvgIpc) is 2.86. The van der Waals surface area contributed by atoms with Crippen LogP contribution in [0.2, 0.25) is 0 Å². The van der Waals surface area contributed by atoms with Crippen LogP contribution in [0, 0.1) is 0 Å². The zero-order valence-corrected chi connectivity index (χ0v) is 19.1. The van der Waals surface area contributed by atoms with Crippen molar-refractivity contribution in [1.29, 1.82) is 0 Å². The van der Waals surface area contributed by atoms with E-state index < -0.39 is 48.5 Å². The summed E-state index contributed by atoms with van der Waals surface area (Å²) < 4.78 is 0. The Labute approximate surface area is 193 Å². The molecule has 0 spiro atoms. The van der Waals surface area contributed by atoms with E-state index in [0.717, 1.165) is 13.0 Å². The monoisotopic (exact) mass is 475 g/mol. The maximum absolute atomic E-state index is 12.1.